The lowest BCUT2D eigenvalue weighted by atomic mass is 9.74. The minimum absolute atomic E-state index is 0.155. The molecule has 4 nitrogen and oxygen atoms in total. The molecule has 0 amide bonds. The van der Waals surface area contributed by atoms with Gasteiger partial charge in [-0.25, -0.2) is 0 Å². The number of carbonyl (C=O) groups is 1. The molecule has 0 aromatic rings. The first-order valence-corrected chi connectivity index (χ1v) is 8.51. The fourth-order valence-electron chi connectivity index (χ4n) is 3.47. The summed E-state index contributed by atoms with van der Waals surface area (Å²) in [5, 5.41) is 3.29. The maximum atomic E-state index is 12.0. The first-order chi connectivity index (χ1) is 9.95. The highest BCUT2D eigenvalue weighted by Crippen LogP contribution is 2.37. The predicted molar refractivity (Wildman–Crippen MR) is 87.4 cm³/mol. The number of piperidine rings is 1. The van der Waals surface area contributed by atoms with Crippen molar-refractivity contribution in [3.05, 3.63) is 0 Å². The number of hydrogen-bond donors (Lipinski definition) is 1. The second-order valence-corrected chi connectivity index (χ2v) is 6.65. The van der Waals surface area contributed by atoms with Crippen LogP contribution in [0.4, 0.5) is 0 Å². The van der Waals surface area contributed by atoms with E-state index in [0.29, 0.717) is 5.41 Å². The van der Waals surface area contributed by atoms with E-state index in [-0.39, 0.29) is 5.97 Å². The van der Waals surface area contributed by atoms with Crippen molar-refractivity contribution in [1.82, 2.24) is 10.2 Å². The fourth-order valence-corrected chi connectivity index (χ4v) is 3.47. The van der Waals surface area contributed by atoms with Crippen LogP contribution in [0.3, 0.4) is 0 Å². The van der Waals surface area contributed by atoms with Gasteiger partial charge >= 0.3 is 5.97 Å². The summed E-state index contributed by atoms with van der Waals surface area (Å²) in [6, 6.07) is 0. The van der Waals surface area contributed by atoms with Crippen LogP contribution in [-0.4, -0.2) is 49.7 Å². The van der Waals surface area contributed by atoms with Gasteiger partial charge in [-0.1, -0.05) is 33.6 Å². The van der Waals surface area contributed by atoms with Gasteiger partial charge in [0.15, 0.2) is 0 Å². The molecule has 21 heavy (non-hydrogen) atoms. The number of rotatable bonds is 8. The molecule has 1 rings (SSSR count). The molecule has 1 aliphatic heterocycles. The maximum absolute atomic E-state index is 12.0. The van der Waals surface area contributed by atoms with Crippen LogP contribution in [0.1, 0.15) is 59.8 Å². The van der Waals surface area contributed by atoms with Crippen molar-refractivity contribution in [2.45, 2.75) is 65.3 Å². The van der Waals surface area contributed by atoms with Gasteiger partial charge in [0, 0.05) is 6.54 Å². The van der Waals surface area contributed by atoms with Crippen LogP contribution in [0, 0.1) is 5.41 Å². The summed E-state index contributed by atoms with van der Waals surface area (Å²) in [6.45, 7) is 12.7. The zero-order chi connectivity index (χ0) is 15.9. The lowest BCUT2D eigenvalue weighted by Crippen LogP contribution is -2.52. The second-order valence-electron chi connectivity index (χ2n) is 6.65. The Balaban J connectivity index is 2.50. The Bertz CT molecular complexity index is 319. The number of methoxy groups -OCH3 is 1. The molecule has 1 heterocycles. The summed E-state index contributed by atoms with van der Waals surface area (Å²) >= 11 is 0. The van der Waals surface area contributed by atoms with Gasteiger partial charge in [0.2, 0.25) is 0 Å². The third-order valence-corrected chi connectivity index (χ3v) is 5.55. The number of ether oxygens (including phenoxy) is 1. The van der Waals surface area contributed by atoms with Crippen LogP contribution < -0.4 is 5.32 Å². The molecule has 0 aromatic heterocycles. The lowest BCUT2D eigenvalue weighted by molar-refractivity contribution is -0.148. The normalized spacial score (nSPS) is 21.8. The van der Waals surface area contributed by atoms with Gasteiger partial charge in [-0.05, 0) is 51.2 Å². The molecule has 1 unspecified atom stereocenters. The average Bonchev–Trinajstić information content (AvgIpc) is 2.53. The van der Waals surface area contributed by atoms with Gasteiger partial charge in [0.25, 0.3) is 0 Å². The van der Waals surface area contributed by atoms with Crippen molar-refractivity contribution in [3.8, 4) is 0 Å². The zero-order valence-corrected chi connectivity index (χ0v) is 14.6. The maximum Gasteiger partial charge on any atom is 0.325 e. The molecule has 0 bridgehead atoms. The predicted octanol–water partition coefficient (Wildman–Crippen LogP) is 2.82. The summed E-state index contributed by atoms with van der Waals surface area (Å²) in [5.74, 6) is -0.155. The fraction of sp³-hybridized carbons (Fsp3) is 0.941. The molecule has 0 aliphatic carbocycles. The van der Waals surface area contributed by atoms with Crippen LogP contribution in [0.5, 0.6) is 0 Å². The molecule has 124 valence electrons. The molecule has 1 saturated heterocycles. The van der Waals surface area contributed by atoms with Gasteiger partial charge in [-0.15, -0.1) is 0 Å². The van der Waals surface area contributed by atoms with Gasteiger partial charge in [0.1, 0.15) is 5.54 Å². The van der Waals surface area contributed by atoms with Crippen molar-refractivity contribution < 1.29 is 9.53 Å². The van der Waals surface area contributed by atoms with E-state index >= 15 is 0 Å². The van der Waals surface area contributed by atoms with E-state index in [9.17, 15) is 4.79 Å². The van der Waals surface area contributed by atoms with Gasteiger partial charge in [-0.3, -0.25) is 4.79 Å². The van der Waals surface area contributed by atoms with E-state index in [2.05, 4.69) is 24.1 Å². The minimum Gasteiger partial charge on any atom is -0.468 e. The third-order valence-electron chi connectivity index (χ3n) is 5.55. The largest absolute Gasteiger partial charge is 0.468 e. The van der Waals surface area contributed by atoms with Crippen molar-refractivity contribution >= 4 is 5.97 Å². The van der Waals surface area contributed by atoms with Gasteiger partial charge in [-0.2, -0.15) is 0 Å². The van der Waals surface area contributed by atoms with Gasteiger partial charge < -0.3 is 15.0 Å². The van der Waals surface area contributed by atoms with Crippen LogP contribution >= 0.6 is 0 Å². The van der Waals surface area contributed by atoms with Crippen molar-refractivity contribution in [1.29, 1.82) is 0 Å². The topological polar surface area (TPSA) is 41.6 Å². The smallest absolute Gasteiger partial charge is 0.325 e. The minimum atomic E-state index is -0.562. The third kappa shape index (κ3) is 4.68. The molecule has 4 heteroatoms. The highest BCUT2D eigenvalue weighted by atomic mass is 16.5. The Morgan fingerprint density at radius 2 is 1.81 bits per heavy atom. The highest BCUT2D eigenvalue weighted by Gasteiger charge is 2.35. The van der Waals surface area contributed by atoms with E-state index < -0.39 is 5.54 Å². The summed E-state index contributed by atoms with van der Waals surface area (Å²) in [6.07, 6.45) is 5.95. The molecule has 0 aromatic carbocycles. The Morgan fingerprint density at radius 1 is 1.24 bits per heavy atom. The summed E-state index contributed by atoms with van der Waals surface area (Å²) in [7, 11) is 1.47. The number of hydrogen-bond acceptors (Lipinski definition) is 4. The highest BCUT2D eigenvalue weighted by molar-refractivity contribution is 5.80. The van der Waals surface area contributed by atoms with Crippen molar-refractivity contribution in [2.24, 2.45) is 5.41 Å². The number of esters is 1. The van der Waals surface area contributed by atoms with E-state index in [0.717, 1.165) is 32.6 Å². The Labute approximate surface area is 130 Å². The van der Waals surface area contributed by atoms with Crippen LogP contribution in [-0.2, 0) is 9.53 Å². The number of carbonyl (C=O) groups excluding carboxylic acids is 1. The molecular weight excluding hydrogens is 264 g/mol. The average molecular weight is 298 g/mol. The monoisotopic (exact) mass is 298 g/mol. The van der Waals surface area contributed by atoms with E-state index in [1.807, 2.05) is 13.8 Å². The molecule has 0 spiro atoms. The number of likely N-dealkylation sites (tertiary alicyclic amines) is 1. The molecule has 0 radical (unpaired) electrons. The number of nitrogens with one attached hydrogen (secondary N) is 1. The SMILES string of the molecule is CCNC(C)(CCN1CCC(CC)(CC)CC1)C(=O)OC. The molecular formula is C17H34N2O2. The Hall–Kier alpha value is -0.610. The lowest BCUT2D eigenvalue weighted by Gasteiger charge is -2.42. The van der Waals surface area contributed by atoms with E-state index in [1.165, 1.54) is 32.8 Å². The van der Waals surface area contributed by atoms with Gasteiger partial charge in [0.05, 0.1) is 7.11 Å². The number of likely N-dealkylation sites (N-methyl/N-ethyl adjacent to an activating group) is 1. The van der Waals surface area contributed by atoms with E-state index in [4.69, 9.17) is 4.74 Å². The van der Waals surface area contributed by atoms with Crippen LogP contribution in [0.15, 0.2) is 0 Å². The summed E-state index contributed by atoms with van der Waals surface area (Å²) in [4.78, 5) is 14.5. The van der Waals surface area contributed by atoms with Crippen LogP contribution in [0.25, 0.3) is 0 Å². The summed E-state index contributed by atoms with van der Waals surface area (Å²) < 4.78 is 4.96. The molecule has 1 atom stereocenters. The first-order valence-electron chi connectivity index (χ1n) is 8.51. The van der Waals surface area contributed by atoms with Crippen LogP contribution in [0.2, 0.25) is 0 Å². The summed E-state index contributed by atoms with van der Waals surface area (Å²) in [5.41, 5.74) is -0.00261. The zero-order valence-electron chi connectivity index (χ0n) is 14.6. The Kier molecular flexibility index (Phi) is 7.14. The molecule has 0 saturated carbocycles. The number of nitrogens with zero attached hydrogens (tertiary/aromatic N) is 1. The Morgan fingerprint density at radius 3 is 2.24 bits per heavy atom. The van der Waals surface area contributed by atoms with Crippen molar-refractivity contribution in [2.75, 3.05) is 33.3 Å². The second kappa shape index (κ2) is 8.14. The van der Waals surface area contributed by atoms with E-state index in [1.54, 1.807) is 0 Å². The molecule has 1 N–H and O–H groups in total. The molecule has 1 aliphatic rings. The quantitative estimate of drug-likeness (QED) is 0.700. The first kappa shape index (κ1) is 18.4. The molecule has 1 fully saturated rings. The van der Waals surface area contributed by atoms with Crippen molar-refractivity contribution in [3.63, 3.8) is 0 Å². The standard InChI is InChI=1S/C17H34N2O2/c1-6-17(7-2)10-13-19(14-11-17)12-9-16(4,18-8-3)15(20)21-5/h18H,6-14H2,1-5H3.